The molecular weight excluding hydrogens is 294 g/mol. The molecule has 0 fully saturated rings. The van der Waals surface area contributed by atoms with E-state index in [0.717, 1.165) is 0 Å². The molecule has 1 heterocycles. The minimum Gasteiger partial charge on any atom is -0.504 e. The quantitative estimate of drug-likeness (QED) is 0.507. The Balaban J connectivity index is 1.98. The molecule has 1 amide bonds. The smallest absolute Gasteiger partial charge is 0.241 e. The van der Waals surface area contributed by atoms with Crippen molar-refractivity contribution in [3.05, 3.63) is 47.2 Å². The molecule has 0 saturated carbocycles. The first-order valence-corrected chi connectivity index (χ1v) is 6.52. The minimum absolute atomic E-state index is 0.219. The van der Waals surface area contributed by atoms with Gasteiger partial charge in [-0.15, -0.1) is 0 Å². The van der Waals surface area contributed by atoms with E-state index in [1.165, 1.54) is 18.3 Å². The lowest BCUT2D eigenvalue weighted by molar-refractivity contribution is -0.117. The number of phenols is 2. The summed E-state index contributed by atoms with van der Waals surface area (Å²) in [7, 11) is 0. The summed E-state index contributed by atoms with van der Waals surface area (Å²) >= 11 is 5.65. The summed E-state index contributed by atoms with van der Waals surface area (Å²) in [5.41, 5.74) is 6.95. The molecule has 0 spiro atoms. The van der Waals surface area contributed by atoms with Crippen molar-refractivity contribution in [2.75, 3.05) is 5.32 Å². The van der Waals surface area contributed by atoms with E-state index in [0.29, 0.717) is 16.4 Å². The highest BCUT2D eigenvalue weighted by molar-refractivity contribution is 6.29. The third-order valence-electron chi connectivity index (χ3n) is 2.83. The zero-order valence-electron chi connectivity index (χ0n) is 11.0. The number of nitrogens with one attached hydrogen (secondary N) is 1. The highest BCUT2D eigenvalue weighted by Gasteiger charge is 2.15. The molecule has 0 radical (unpaired) electrons. The Kier molecular flexibility index (Phi) is 4.62. The van der Waals surface area contributed by atoms with E-state index in [-0.39, 0.29) is 23.8 Å². The van der Waals surface area contributed by atoms with Crippen LogP contribution in [-0.2, 0) is 11.2 Å². The second kappa shape index (κ2) is 6.43. The van der Waals surface area contributed by atoms with Crippen LogP contribution in [0.25, 0.3) is 0 Å². The van der Waals surface area contributed by atoms with Crippen molar-refractivity contribution in [3.63, 3.8) is 0 Å². The van der Waals surface area contributed by atoms with E-state index in [2.05, 4.69) is 10.3 Å². The Hall–Kier alpha value is -2.31. The lowest BCUT2D eigenvalue weighted by Gasteiger charge is -2.12. The van der Waals surface area contributed by atoms with Crippen LogP contribution in [0.3, 0.4) is 0 Å². The third kappa shape index (κ3) is 4.08. The number of anilines is 1. The maximum atomic E-state index is 11.9. The number of pyridine rings is 1. The molecule has 110 valence electrons. The molecule has 1 aromatic heterocycles. The molecule has 0 aliphatic heterocycles. The van der Waals surface area contributed by atoms with Gasteiger partial charge in [0.25, 0.3) is 0 Å². The summed E-state index contributed by atoms with van der Waals surface area (Å²) in [6.07, 6.45) is 1.65. The van der Waals surface area contributed by atoms with Crippen LogP contribution in [0.2, 0.25) is 5.15 Å². The average Bonchev–Trinajstić information content (AvgIpc) is 2.45. The second-order valence-corrected chi connectivity index (χ2v) is 4.88. The summed E-state index contributed by atoms with van der Waals surface area (Å²) in [6.45, 7) is 0. The molecule has 0 aliphatic rings. The summed E-state index contributed by atoms with van der Waals surface area (Å²) in [4.78, 5) is 15.8. The molecule has 1 aromatic carbocycles. The first-order chi connectivity index (χ1) is 9.95. The predicted octanol–water partition coefficient (Wildman–Crippen LogP) is 1.65. The molecule has 6 nitrogen and oxygen atoms in total. The van der Waals surface area contributed by atoms with Crippen LogP contribution in [0.5, 0.6) is 11.5 Å². The van der Waals surface area contributed by atoms with Crippen molar-refractivity contribution in [2.45, 2.75) is 12.5 Å². The number of benzene rings is 1. The van der Waals surface area contributed by atoms with Gasteiger partial charge in [-0.2, -0.15) is 0 Å². The number of aromatic nitrogens is 1. The van der Waals surface area contributed by atoms with Gasteiger partial charge in [0.1, 0.15) is 5.15 Å². The largest absolute Gasteiger partial charge is 0.504 e. The first-order valence-electron chi connectivity index (χ1n) is 6.14. The van der Waals surface area contributed by atoms with Gasteiger partial charge >= 0.3 is 0 Å². The SMILES string of the molecule is N[C@@H](Cc1ccc(O)c(O)c1)C(=O)Nc1ccc(Cl)nc1. The average molecular weight is 308 g/mol. The van der Waals surface area contributed by atoms with E-state index < -0.39 is 6.04 Å². The maximum absolute atomic E-state index is 11.9. The summed E-state index contributed by atoms with van der Waals surface area (Å²) in [5, 5.41) is 21.6. The number of aromatic hydroxyl groups is 2. The molecular formula is C14H14ClN3O3. The Bertz CT molecular complexity index is 646. The number of carbonyl (C=O) groups excluding carboxylic acids is 1. The van der Waals surface area contributed by atoms with Crippen LogP contribution < -0.4 is 11.1 Å². The fraction of sp³-hybridized carbons (Fsp3) is 0.143. The van der Waals surface area contributed by atoms with Crippen molar-refractivity contribution in [1.29, 1.82) is 0 Å². The van der Waals surface area contributed by atoms with E-state index >= 15 is 0 Å². The lowest BCUT2D eigenvalue weighted by atomic mass is 10.1. The zero-order valence-corrected chi connectivity index (χ0v) is 11.7. The van der Waals surface area contributed by atoms with Gasteiger partial charge in [-0.25, -0.2) is 4.98 Å². The van der Waals surface area contributed by atoms with Gasteiger partial charge in [0, 0.05) is 0 Å². The highest BCUT2D eigenvalue weighted by Crippen LogP contribution is 2.25. The lowest BCUT2D eigenvalue weighted by Crippen LogP contribution is -2.37. The van der Waals surface area contributed by atoms with Crippen molar-refractivity contribution in [3.8, 4) is 11.5 Å². The predicted molar refractivity (Wildman–Crippen MR) is 79.3 cm³/mol. The monoisotopic (exact) mass is 307 g/mol. The summed E-state index contributed by atoms with van der Waals surface area (Å²) < 4.78 is 0. The number of nitrogens with zero attached hydrogens (tertiary/aromatic N) is 1. The Morgan fingerprint density at radius 1 is 1.29 bits per heavy atom. The van der Waals surface area contributed by atoms with Crippen LogP contribution in [0.15, 0.2) is 36.5 Å². The summed E-state index contributed by atoms with van der Waals surface area (Å²) in [5.74, 6) is -0.849. The number of halogens is 1. The molecule has 7 heteroatoms. The molecule has 2 aromatic rings. The van der Waals surface area contributed by atoms with Crippen LogP contribution in [0, 0.1) is 0 Å². The Labute approximate surface area is 126 Å². The summed E-state index contributed by atoms with van der Waals surface area (Å²) in [6, 6.07) is 6.67. The van der Waals surface area contributed by atoms with E-state index in [1.807, 2.05) is 0 Å². The molecule has 2 rings (SSSR count). The molecule has 21 heavy (non-hydrogen) atoms. The van der Waals surface area contributed by atoms with E-state index in [1.54, 1.807) is 18.2 Å². The number of nitrogens with two attached hydrogens (primary N) is 1. The molecule has 0 unspecified atom stereocenters. The van der Waals surface area contributed by atoms with Crippen molar-refractivity contribution in [2.24, 2.45) is 5.73 Å². The van der Waals surface area contributed by atoms with Gasteiger partial charge < -0.3 is 21.3 Å². The Morgan fingerprint density at radius 3 is 2.67 bits per heavy atom. The van der Waals surface area contributed by atoms with E-state index in [4.69, 9.17) is 17.3 Å². The first kappa shape index (κ1) is 15.1. The maximum Gasteiger partial charge on any atom is 0.241 e. The van der Waals surface area contributed by atoms with Gasteiger partial charge in [-0.1, -0.05) is 17.7 Å². The fourth-order valence-corrected chi connectivity index (χ4v) is 1.84. The van der Waals surface area contributed by atoms with Crippen molar-refractivity contribution < 1.29 is 15.0 Å². The highest BCUT2D eigenvalue weighted by atomic mass is 35.5. The zero-order chi connectivity index (χ0) is 15.4. The van der Waals surface area contributed by atoms with Crippen LogP contribution in [-0.4, -0.2) is 27.1 Å². The van der Waals surface area contributed by atoms with Crippen molar-refractivity contribution >= 4 is 23.2 Å². The topological polar surface area (TPSA) is 108 Å². The van der Waals surface area contributed by atoms with Crippen LogP contribution in [0.1, 0.15) is 5.56 Å². The minimum atomic E-state index is -0.801. The van der Waals surface area contributed by atoms with E-state index in [9.17, 15) is 15.0 Å². The molecule has 5 N–H and O–H groups in total. The van der Waals surface area contributed by atoms with Gasteiger partial charge in [-0.3, -0.25) is 4.79 Å². The number of rotatable bonds is 4. The standard InChI is InChI=1S/C14H14ClN3O3/c15-13-4-2-9(7-17-13)18-14(21)10(16)5-8-1-3-11(19)12(20)6-8/h1-4,6-7,10,19-20H,5,16H2,(H,18,21)/t10-/m0/s1. The number of hydrogen-bond acceptors (Lipinski definition) is 5. The van der Waals surface area contributed by atoms with Gasteiger partial charge in [-0.05, 0) is 36.2 Å². The van der Waals surface area contributed by atoms with Crippen LogP contribution >= 0.6 is 11.6 Å². The number of carbonyl (C=O) groups is 1. The normalized spacial score (nSPS) is 11.9. The van der Waals surface area contributed by atoms with Gasteiger partial charge in [0.15, 0.2) is 11.5 Å². The molecule has 0 aliphatic carbocycles. The number of phenolic OH excluding ortho intramolecular Hbond substituents is 2. The third-order valence-corrected chi connectivity index (χ3v) is 3.05. The van der Waals surface area contributed by atoms with Gasteiger partial charge in [0.05, 0.1) is 17.9 Å². The number of amides is 1. The van der Waals surface area contributed by atoms with Crippen molar-refractivity contribution in [1.82, 2.24) is 4.98 Å². The fourth-order valence-electron chi connectivity index (χ4n) is 1.73. The molecule has 1 atom stereocenters. The number of hydrogen-bond donors (Lipinski definition) is 4. The van der Waals surface area contributed by atoms with Crippen LogP contribution in [0.4, 0.5) is 5.69 Å². The van der Waals surface area contributed by atoms with Gasteiger partial charge in [0.2, 0.25) is 5.91 Å². The molecule has 0 bridgehead atoms. The molecule has 0 saturated heterocycles. The Morgan fingerprint density at radius 2 is 2.05 bits per heavy atom. The second-order valence-electron chi connectivity index (χ2n) is 4.49.